The van der Waals surface area contributed by atoms with E-state index < -0.39 is 18.5 Å². The van der Waals surface area contributed by atoms with Crippen molar-refractivity contribution in [2.24, 2.45) is 0 Å². The van der Waals surface area contributed by atoms with E-state index in [1.165, 1.54) is 12.1 Å². The lowest BCUT2D eigenvalue weighted by atomic mass is 10.0. The van der Waals surface area contributed by atoms with Crippen LogP contribution in [0.3, 0.4) is 0 Å². The van der Waals surface area contributed by atoms with Crippen LogP contribution in [0.5, 0.6) is 0 Å². The highest BCUT2D eigenvalue weighted by Crippen LogP contribution is 2.16. The molecule has 30 heavy (non-hydrogen) atoms. The number of rotatable bonds is 7. The van der Waals surface area contributed by atoms with Gasteiger partial charge in [-0.15, -0.1) is 0 Å². The number of hydrogen-bond donors (Lipinski definition) is 1. The average molecular weight is 422 g/mol. The van der Waals surface area contributed by atoms with Crippen molar-refractivity contribution >= 4 is 29.3 Å². The molecule has 0 bridgehead atoms. The standard InChI is InChI=1S/C24H20ClNO4/c1-16(17-11-13-21(25)14-12-17)26-22(27)15-30-24(29)20-9-7-19(8-10-20)23(28)18-5-3-2-4-6-18/h2-14,16H,15H2,1H3,(H,26,27). The van der Waals surface area contributed by atoms with Crippen molar-refractivity contribution in [2.75, 3.05) is 6.61 Å². The first kappa shape index (κ1) is 21.3. The summed E-state index contributed by atoms with van der Waals surface area (Å²) >= 11 is 5.86. The predicted molar refractivity (Wildman–Crippen MR) is 115 cm³/mol. The molecule has 0 aromatic heterocycles. The van der Waals surface area contributed by atoms with Gasteiger partial charge in [0.2, 0.25) is 0 Å². The van der Waals surface area contributed by atoms with E-state index in [2.05, 4.69) is 5.32 Å². The van der Waals surface area contributed by atoms with Gasteiger partial charge in [-0.1, -0.05) is 66.2 Å². The fourth-order valence-corrected chi connectivity index (χ4v) is 2.97. The molecular formula is C24H20ClNO4. The second-order valence-corrected chi connectivity index (χ2v) is 7.13. The maximum Gasteiger partial charge on any atom is 0.338 e. The van der Waals surface area contributed by atoms with Crippen molar-refractivity contribution in [3.63, 3.8) is 0 Å². The van der Waals surface area contributed by atoms with Crippen LogP contribution in [0.1, 0.15) is 44.8 Å². The molecule has 1 N–H and O–H groups in total. The van der Waals surface area contributed by atoms with Crippen LogP contribution in [0.15, 0.2) is 78.9 Å². The second kappa shape index (κ2) is 9.85. The van der Waals surface area contributed by atoms with Gasteiger partial charge in [-0.3, -0.25) is 9.59 Å². The molecule has 0 radical (unpaired) electrons. The SMILES string of the molecule is CC(NC(=O)COC(=O)c1ccc(C(=O)c2ccccc2)cc1)c1ccc(Cl)cc1. The lowest BCUT2D eigenvalue weighted by Gasteiger charge is -2.14. The lowest BCUT2D eigenvalue weighted by Crippen LogP contribution is -2.31. The van der Waals surface area contributed by atoms with E-state index in [0.29, 0.717) is 16.1 Å². The highest BCUT2D eigenvalue weighted by atomic mass is 35.5. The molecule has 3 aromatic carbocycles. The van der Waals surface area contributed by atoms with Gasteiger partial charge in [-0.25, -0.2) is 4.79 Å². The number of hydrogen-bond acceptors (Lipinski definition) is 4. The van der Waals surface area contributed by atoms with Crippen molar-refractivity contribution in [3.05, 3.63) is 106 Å². The van der Waals surface area contributed by atoms with Gasteiger partial charge < -0.3 is 10.1 Å². The minimum absolute atomic E-state index is 0.133. The van der Waals surface area contributed by atoms with Gasteiger partial charge >= 0.3 is 5.97 Å². The number of amides is 1. The molecule has 152 valence electrons. The van der Waals surface area contributed by atoms with Gasteiger partial charge in [0, 0.05) is 16.1 Å². The fraction of sp³-hybridized carbons (Fsp3) is 0.125. The molecule has 1 amide bonds. The molecule has 0 spiro atoms. The van der Waals surface area contributed by atoms with Crippen LogP contribution >= 0.6 is 11.6 Å². The molecule has 6 heteroatoms. The molecule has 0 saturated carbocycles. The summed E-state index contributed by atoms with van der Waals surface area (Å²) in [4.78, 5) is 36.7. The Balaban J connectivity index is 1.52. The van der Waals surface area contributed by atoms with E-state index in [4.69, 9.17) is 16.3 Å². The highest BCUT2D eigenvalue weighted by Gasteiger charge is 2.14. The second-order valence-electron chi connectivity index (χ2n) is 6.69. The maximum absolute atomic E-state index is 12.4. The van der Waals surface area contributed by atoms with Gasteiger partial charge in [0.1, 0.15) is 0 Å². The third kappa shape index (κ3) is 5.55. The number of benzene rings is 3. The highest BCUT2D eigenvalue weighted by molar-refractivity contribution is 6.30. The average Bonchev–Trinajstić information content (AvgIpc) is 2.78. The van der Waals surface area contributed by atoms with Crippen molar-refractivity contribution in [2.45, 2.75) is 13.0 Å². The molecular weight excluding hydrogens is 402 g/mol. The summed E-state index contributed by atoms with van der Waals surface area (Å²) in [5, 5.41) is 3.37. The molecule has 0 saturated heterocycles. The first-order chi connectivity index (χ1) is 14.4. The molecule has 3 aromatic rings. The van der Waals surface area contributed by atoms with E-state index in [-0.39, 0.29) is 17.4 Å². The summed E-state index contributed by atoms with van der Waals surface area (Å²) in [5.41, 5.74) is 2.18. The van der Waals surface area contributed by atoms with Gasteiger partial charge in [0.05, 0.1) is 11.6 Å². The van der Waals surface area contributed by atoms with E-state index >= 15 is 0 Å². The quantitative estimate of drug-likeness (QED) is 0.447. The predicted octanol–water partition coefficient (Wildman–Crippen LogP) is 4.61. The Kier molecular flexibility index (Phi) is 6.99. The summed E-state index contributed by atoms with van der Waals surface area (Å²) < 4.78 is 5.07. The zero-order valence-corrected chi connectivity index (χ0v) is 17.1. The van der Waals surface area contributed by atoms with E-state index in [1.54, 1.807) is 48.5 Å². The Morgan fingerprint density at radius 2 is 1.40 bits per heavy atom. The molecule has 0 aliphatic heterocycles. The third-order valence-electron chi connectivity index (χ3n) is 4.50. The smallest absolute Gasteiger partial charge is 0.338 e. The molecule has 1 unspecified atom stereocenters. The van der Waals surface area contributed by atoms with Gasteiger partial charge in [-0.05, 0) is 36.8 Å². The number of carbonyl (C=O) groups excluding carboxylic acids is 3. The summed E-state index contributed by atoms with van der Waals surface area (Å²) in [5.74, 6) is -1.18. The Bertz CT molecular complexity index is 1030. The van der Waals surface area contributed by atoms with E-state index in [0.717, 1.165) is 5.56 Å². The number of nitrogens with one attached hydrogen (secondary N) is 1. The van der Waals surface area contributed by atoms with Crippen molar-refractivity contribution < 1.29 is 19.1 Å². The van der Waals surface area contributed by atoms with Crippen LogP contribution in [0.4, 0.5) is 0 Å². The summed E-state index contributed by atoms with van der Waals surface area (Å²) in [7, 11) is 0. The molecule has 0 fully saturated rings. The first-order valence-corrected chi connectivity index (χ1v) is 9.73. The lowest BCUT2D eigenvalue weighted by molar-refractivity contribution is -0.124. The zero-order valence-electron chi connectivity index (χ0n) is 16.3. The topological polar surface area (TPSA) is 72.5 Å². The number of halogens is 1. The van der Waals surface area contributed by atoms with Gasteiger partial charge in [0.15, 0.2) is 12.4 Å². The van der Waals surface area contributed by atoms with Crippen LogP contribution in [0.2, 0.25) is 5.02 Å². The van der Waals surface area contributed by atoms with Crippen molar-refractivity contribution in [1.82, 2.24) is 5.32 Å². The Morgan fingerprint density at radius 1 is 0.833 bits per heavy atom. The summed E-state index contributed by atoms with van der Waals surface area (Å²) in [6, 6.07) is 21.9. The minimum atomic E-state index is -0.636. The molecule has 1 atom stereocenters. The van der Waals surface area contributed by atoms with Crippen LogP contribution in [0, 0.1) is 0 Å². The van der Waals surface area contributed by atoms with E-state index in [1.807, 2.05) is 25.1 Å². The largest absolute Gasteiger partial charge is 0.452 e. The summed E-state index contributed by atoms with van der Waals surface area (Å²) in [6.07, 6.45) is 0. The van der Waals surface area contributed by atoms with Crippen molar-refractivity contribution in [1.29, 1.82) is 0 Å². The Morgan fingerprint density at radius 3 is 2.03 bits per heavy atom. The fourth-order valence-electron chi connectivity index (χ4n) is 2.85. The number of ether oxygens (including phenoxy) is 1. The number of esters is 1. The summed E-state index contributed by atoms with van der Waals surface area (Å²) in [6.45, 7) is 1.42. The monoisotopic (exact) mass is 421 g/mol. The molecule has 0 aliphatic rings. The minimum Gasteiger partial charge on any atom is -0.452 e. The van der Waals surface area contributed by atoms with Crippen LogP contribution < -0.4 is 5.32 Å². The van der Waals surface area contributed by atoms with Crippen LogP contribution in [-0.4, -0.2) is 24.3 Å². The van der Waals surface area contributed by atoms with Crippen LogP contribution in [-0.2, 0) is 9.53 Å². The van der Waals surface area contributed by atoms with Gasteiger partial charge in [0.25, 0.3) is 5.91 Å². The number of carbonyl (C=O) groups is 3. The zero-order chi connectivity index (χ0) is 21.5. The molecule has 0 aliphatic carbocycles. The Hall–Kier alpha value is -3.44. The normalized spacial score (nSPS) is 11.4. The number of ketones is 1. The third-order valence-corrected chi connectivity index (χ3v) is 4.75. The molecule has 5 nitrogen and oxygen atoms in total. The van der Waals surface area contributed by atoms with Crippen LogP contribution in [0.25, 0.3) is 0 Å². The van der Waals surface area contributed by atoms with E-state index in [9.17, 15) is 14.4 Å². The first-order valence-electron chi connectivity index (χ1n) is 9.36. The molecule has 0 heterocycles. The molecule has 3 rings (SSSR count). The Labute approximate surface area is 179 Å². The maximum atomic E-state index is 12.4. The van der Waals surface area contributed by atoms with Crippen molar-refractivity contribution in [3.8, 4) is 0 Å². The van der Waals surface area contributed by atoms with Gasteiger partial charge in [-0.2, -0.15) is 0 Å².